The molecule has 1 heterocycles. The highest BCUT2D eigenvalue weighted by molar-refractivity contribution is 7.17. The van der Waals surface area contributed by atoms with Gasteiger partial charge in [-0.2, -0.15) is 0 Å². The number of aliphatic hydroxyl groups excluding tert-OH is 1. The molecule has 0 spiro atoms. The summed E-state index contributed by atoms with van der Waals surface area (Å²) in [5.74, 6) is -0.130. The van der Waals surface area contributed by atoms with Crippen molar-refractivity contribution in [2.75, 3.05) is 0 Å². The van der Waals surface area contributed by atoms with E-state index in [0.717, 1.165) is 16.1 Å². The van der Waals surface area contributed by atoms with E-state index in [1.165, 1.54) is 11.3 Å². The number of carbonyl (C=O) groups excluding carboxylic acids is 1. The molecule has 1 aliphatic carbocycles. The molecule has 0 aliphatic heterocycles. The van der Waals surface area contributed by atoms with Crippen LogP contribution in [0.3, 0.4) is 0 Å². The lowest BCUT2D eigenvalue weighted by Crippen LogP contribution is -1.98. The molecule has 1 aliphatic rings. The molecule has 0 bridgehead atoms. The van der Waals surface area contributed by atoms with Gasteiger partial charge in [0.15, 0.2) is 5.78 Å². The van der Waals surface area contributed by atoms with Gasteiger partial charge in [0, 0.05) is 22.3 Å². The Labute approximate surface area is 166 Å². The molecule has 134 valence electrons. The third kappa shape index (κ3) is 2.58. The first kappa shape index (κ1) is 16.7. The summed E-state index contributed by atoms with van der Waals surface area (Å²) in [4.78, 5) is 18.6. The molecular formula is C24H15NO2S. The van der Waals surface area contributed by atoms with Crippen LogP contribution in [0.1, 0.15) is 20.8 Å². The molecule has 1 N–H and O–H groups in total. The van der Waals surface area contributed by atoms with Gasteiger partial charge >= 0.3 is 0 Å². The van der Waals surface area contributed by atoms with E-state index in [0.29, 0.717) is 27.3 Å². The Morgan fingerprint density at radius 1 is 0.714 bits per heavy atom. The van der Waals surface area contributed by atoms with Gasteiger partial charge in [0.25, 0.3) is 0 Å². The van der Waals surface area contributed by atoms with Gasteiger partial charge in [0.05, 0.1) is 16.1 Å². The maximum absolute atomic E-state index is 13.1. The Morgan fingerprint density at radius 2 is 1.29 bits per heavy atom. The van der Waals surface area contributed by atoms with Gasteiger partial charge in [-0.25, -0.2) is 4.98 Å². The second kappa shape index (κ2) is 6.59. The highest BCUT2D eigenvalue weighted by atomic mass is 32.1. The van der Waals surface area contributed by atoms with E-state index in [2.05, 4.69) is 0 Å². The van der Waals surface area contributed by atoms with Crippen molar-refractivity contribution >= 4 is 28.5 Å². The third-order valence-electron chi connectivity index (χ3n) is 4.81. The Bertz CT molecular complexity index is 1220. The highest BCUT2D eigenvalue weighted by Gasteiger charge is 2.33. The average molecular weight is 381 g/mol. The number of ketones is 1. The molecule has 3 nitrogen and oxygen atoms in total. The van der Waals surface area contributed by atoms with Gasteiger partial charge in [-0.1, -0.05) is 84.9 Å². The average Bonchev–Trinajstić information content (AvgIpc) is 3.29. The van der Waals surface area contributed by atoms with Crippen molar-refractivity contribution in [1.82, 2.24) is 4.98 Å². The minimum Gasteiger partial charge on any atom is -0.506 e. The number of allylic oxidation sites excluding steroid dienone is 1. The van der Waals surface area contributed by atoms with Crippen molar-refractivity contribution in [1.29, 1.82) is 0 Å². The predicted molar refractivity (Wildman–Crippen MR) is 113 cm³/mol. The number of hydrogen-bond acceptors (Lipinski definition) is 4. The topological polar surface area (TPSA) is 50.2 Å². The Balaban J connectivity index is 1.75. The van der Waals surface area contributed by atoms with Crippen LogP contribution in [0.25, 0.3) is 33.2 Å². The van der Waals surface area contributed by atoms with Crippen LogP contribution in [0.15, 0.2) is 84.9 Å². The summed E-state index contributed by atoms with van der Waals surface area (Å²) in [6.45, 7) is 0. The minimum atomic E-state index is -0.159. The van der Waals surface area contributed by atoms with Crippen LogP contribution in [0, 0.1) is 0 Å². The van der Waals surface area contributed by atoms with Crippen molar-refractivity contribution in [3.8, 4) is 21.8 Å². The zero-order valence-corrected chi connectivity index (χ0v) is 15.6. The van der Waals surface area contributed by atoms with Crippen molar-refractivity contribution in [2.24, 2.45) is 0 Å². The van der Waals surface area contributed by atoms with Gasteiger partial charge in [-0.15, -0.1) is 11.3 Å². The second-order valence-corrected chi connectivity index (χ2v) is 7.53. The molecular weight excluding hydrogens is 366 g/mol. The number of aliphatic hydroxyl groups is 1. The standard InChI is InChI=1S/C24H15NO2S/c26-21-17-13-7-8-14-18(17)22(27)19(21)23-20(15-9-3-1-4-10-15)25-24(28-23)16-11-5-2-6-12-16/h1-14,26H. The van der Waals surface area contributed by atoms with Crippen LogP contribution in [-0.4, -0.2) is 15.9 Å². The molecule has 28 heavy (non-hydrogen) atoms. The first-order valence-corrected chi connectivity index (χ1v) is 9.75. The number of fused-ring (bicyclic) bond motifs is 1. The largest absolute Gasteiger partial charge is 0.506 e. The lowest BCUT2D eigenvalue weighted by atomic mass is 10.0. The summed E-state index contributed by atoms with van der Waals surface area (Å²) in [7, 11) is 0. The van der Waals surface area contributed by atoms with Crippen LogP contribution in [0.4, 0.5) is 0 Å². The zero-order valence-electron chi connectivity index (χ0n) is 14.8. The smallest absolute Gasteiger partial charge is 0.199 e. The summed E-state index contributed by atoms with van der Waals surface area (Å²) in [5.41, 5.74) is 4.06. The molecule has 0 atom stereocenters. The molecule has 0 unspecified atom stereocenters. The quantitative estimate of drug-likeness (QED) is 0.466. The first-order chi connectivity index (χ1) is 13.7. The number of carbonyl (C=O) groups is 1. The van der Waals surface area contributed by atoms with Crippen molar-refractivity contribution in [3.63, 3.8) is 0 Å². The predicted octanol–water partition coefficient (Wildman–Crippen LogP) is 6.10. The summed E-state index contributed by atoms with van der Waals surface area (Å²) < 4.78 is 0. The normalized spacial score (nSPS) is 13.1. The maximum Gasteiger partial charge on any atom is 0.199 e. The van der Waals surface area contributed by atoms with E-state index in [9.17, 15) is 9.90 Å². The summed E-state index contributed by atoms with van der Waals surface area (Å²) in [5, 5.41) is 11.7. The van der Waals surface area contributed by atoms with E-state index in [4.69, 9.17) is 4.98 Å². The number of aromatic nitrogens is 1. The van der Waals surface area contributed by atoms with Crippen LogP contribution < -0.4 is 0 Å². The maximum atomic E-state index is 13.1. The van der Waals surface area contributed by atoms with Crippen molar-refractivity contribution in [2.45, 2.75) is 0 Å². The Kier molecular flexibility index (Phi) is 3.92. The SMILES string of the molecule is O=C1C(c2sc(-c3ccccc3)nc2-c2ccccc2)=C(O)c2ccccc21. The lowest BCUT2D eigenvalue weighted by molar-refractivity contribution is 0.105. The Morgan fingerprint density at radius 3 is 1.93 bits per heavy atom. The van der Waals surface area contributed by atoms with Crippen molar-refractivity contribution in [3.05, 3.63) is 101 Å². The fraction of sp³-hybridized carbons (Fsp3) is 0. The second-order valence-electron chi connectivity index (χ2n) is 6.53. The molecule has 1 aromatic heterocycles. The third-order valence-corrected chi connectivity index (χ3v) is 5.93. The number of hydrogen-bond donors (Lipinski definition) is 1. The number of thiazole rings is 1. The van der Waals surface area contributed by atoms with Gasteiger partial charge in [-0.05, 0) is 0 Å². The highest BCUT2D eigenvalue weighted by Crippen LogP contribution is 2.44. The van der Waals surface area contributed by atoms with E-state index < -0.39 is 0 Å². The number of nitrogens with zero attached hydrogens (tertiary/aromatic N) is 1. The Hall–Kier alpha value is -3.50. The fourth-order valence-electron chi connectivity index (χ4n) is 3.46. The molecule has 4 aromatic rings. The molecule has 0 saturated heterocycles. The van der Waals surface area contributed by atoms with Gasteiger partial charge in [0.2, 0.25) is 0 Å². The van der Waals surface area contributed by atoms with Crippen LogP contribution in [0.2, 0.25) is 0 Å². The summed E-state index contributed by atoms with van der Waals surface area (Å²) in [6, 6.07) is 26.8. The lowest BCUT2D eigenvalue weighted by Gasteiger charge is -2.03. The van der Waals surface area contributed by atoms with E-state index in [1.807, 2.05) is 72.8 Å². The fourth-order valence-corrected chi connectivity index (χ4v) is 4.60. The number of Topliss-reactive ketones (excluding diaryl/α,β-unsaturated/α-hetero) is 1. The summed E-state index contributed by atoms with van der Waals surface area (Å²) >= 11 is 1.43. The monoisotopic (exact) mass is 381 g/mol. The zero-order chi connectivity index (χ0) is 19.1. The van der Waals surface area contributed by atoms with E-state index in [-0.39, 0.29) is 11.5 Å². The molecule has 5 rings (SSSR count). The molecule has 3 aromatic carbocycles. The number of benzene rings is 3. The number of rotatable bonds is 3. The molecule has 0 saturated carbocycles. The molecule has 0 amide bonds. The van der Waals surface area contributed by atoms with Gasteiger partial charge < -0.3 is 5.11 Å². The van der Waals surface area contributed by atoms with Crippen LogP contribution in [-0.2, 0) is 0 Å². The molecule has 0 fully saturated rings. The van der Waals surface area contributed by atoms with E-state index >= 15 is 0 Å². The van der Waals surface area contributed by atoms with E-state index in [1.54, 1.807) is 12.1 Å². The molecule has 0 radical (unpaired) electrons. The summed E-state index contributed by atoms with van der Waals surface area (Å²) in [6.07, 6.45) is 0. The van der Waals surface area contributed by atoms with Gasteiger partial charge in [-0.3, -0.25) is 4.79 Å². The minimum absolute atomic E-state index is 0.0287. The first-order valence-electron chi connectivity index (χ1n) is 8.93. The molecule has 4 heteroatoms. The van der Waals surface area contributed by atoms with Crippen LogP contribution >= 0.6 is 11.3 Å². The van der Waals surface area contributed by atoms with Gasteiger partial charge in [0.1, 0.15) is 10.8 Å². The van der Waals surface area contributed by atoms with Crippen molar-refractivity contribution < 1.29 is 9.90 Å². The van der Waals surface area contributed by atoms with Crippen LogP contribution in [0.5, 0.6) is 0 Å².